The summed E-state index contributed by atoms with van der Waals surface area (Å²) in [7, 11) is -3.71. The molecule has 1 aliphatic rings. The number of hydrogen-bond acceptors (Lipinski definition) is 5. The highest BCUT2D eigenvalue weighted by molar-refractivity contribution is 7.89. The normalized spacial score (nSPS) is 24.3. The van der Waals surface area contributed by atoms with E-state index >= 15 is 0 Å². The summed E-state index contributed by atoms with van der Waals surface area (Å²) in [6, 6.07) is 8.01. The molecule has 0 radical (unpaired) electrons. The van der Waals surface area contributed by atoms with Crippen LogP contribution in [0, 0.1) is 11.3 Å². The van der Waals surface area contributed by atoms with Gasteiger partial charge >= 0.3 is 0 Å². The van der Waals surface area contributed by atoms with Gasteiger partial charge in [0.1, 0.15) is 0 Å². The maximum absolute atomic E-state index is 12.2. The van der Waals surface area contributed by atoms with Crippen LogP contribution in [0.5, 0.6) is 0 Å². The maximum atomic E-state index is 12.2. The third-order valence-electron chi connectivity index (χ3n) is 3.07. The first kappa shape index (κ1) is 14.0. The van der Waals surface area contributed by atoms with Crippen LogP contribution in [0.3, 0.4) is 0 Å². The fourth-order valence-corrected chi connectivity index (χ4v) is 3.43. The van der Waals surface area contributed by atoms with E-state index in [4.69, 9.17) is 5.26 Å². The number of aliphatic hydroxyl groups excluding tert-OH is 2. The SMILES string of the molecule is N#CCc1ccc(S(=O)(=O)N2CC(O)C(O)C2)cc1. The van der Waals surface area contributed by atoms with E-state index in [1.807, 2.05) is 6.07 Å². The molecule has 7 heteroatoms. The second kappa shape index (κ2) is 5.27. The Balaban J connectivity index is 2.23. The minimum atomic E-state index is -3.71. The summed E-state index contributed by atoms with van der Waals surface area (Å²) in [6.07, 6.45) is -1.87. The van der Waals surface area contributed by atoms with Gasteiger partial charge in [0, 0.05) is 13.1 Å². The lowest BCUT2D eigenvalue weighted by molar-refractivity contribution is 0.0572. The number of nitriles is 1. The molecule has 1 saturated heterocycles. The maximum Gasteiger partial charge on any atom is 0.243 e. The number of β-amino-alcohol motifs (C(OH)–C–C–N with tert-alkyl or cyclic N) is 2. The van der Waals surface area contributed by atoms with Gasteiger partial charge in [0.2, 0.25) is 10.0 Å². The molecule has 19 heavy (non-hydrogen) atoms. The van der Waals surface area contributed by atoms with E-state index in [2.05, 4.69) is 0 Å². The van der Waals surface area contributed by atoms with Gasteiger partial charge in [-0.15, -0.1) is 0 Å². The van der Waals surface area contributed by atoms with E-state index in [1.165, 1.54) is 12.1 Å². The second-order valence-corrected chi connectivity index (χ2v) is 6.37. The standard InChI is InChI=1S/C12H14N2O4S/c13-6-5-9-1-3-10(4-2-9)19(17,18)14-7-11(15)12(16)8-14/h1-4,11-12,15-16H,5,7-8H2. The molecule has 0 bridgehead atoms. The fraction of sp³-hybridized carbons (Fsp3) is 0.417. The molecule has 0 amide bonds. The third kappa shape index (κ3) is 2.77. The van der Waals surface area contributed by atoms with Crippen LogP contribution in [0.1, 0.15) is 5.56 Å². The van der Waals surface area contributed by atoms with Gasteiger partial charge in [-0.2, -0.15) is 9.57 Å². The van der Waals surface area contributed by atoms with Gasteiger partial charge in [-0.05, 0) is 17.7 Å². The number of rotatable bonds is 3. The number of aliphatic hydroxyl groups is 2. The first-order chi connectivity index (χ1) is 8.95. The summed E-state index contributed by atoms with van der Waals surface area (Å²) in [5.74, 6) is 0. The molecule has 2 atom stereocenters. The summed E-state index contributed by atoms with van der Waals surface area (Å²) >= 11 is 0. The first-order valence-electron chi connectivity index (χ1n) is 5.77. The monoisotopic (exact) mass is 282 g/mol. The van der Waals surface area contributed by atoms with E-state index < -0.39 is 22.2 Å². The van der Waals surface area contributed by atoms with Crippen LogP contribution in [0.4, 0.5) is 0 Å². The van der Waals surface area contributed by atoms with Gasteiger partial charge in [0.25, 0.3) is 0 Å². The summed E-state index contributed by atoms with van der Waals surface area (Å²) in [4.78, 5) is 0.0930. The number of nitrogens with zero attached hydrogens (tertiary/aromatic N) is 2. The van der Waals surface area contributed by atoms with Crippen molar-refractivity contribution in [2.75, 3.05) is 13.1 Å². The van der Waals surface area contributed by atoms with Crippen LogP contribution in [0.25, 0.3) is 0 Å². The zero-order valence-corrected chi connectivity index (χ0v) is 10.9. The van der Waals surface area contributed by atoms with Crippen molar-refractivity contribution in [3.05, 3.63) is 29.8 Å². The molecule has 2 unspecified atom stereocenters. The Labute approximate surface area is 111 Å². The van der Waals surface area contributed by atoms with Crippen molar-refractivity contribution < 1.29 is 18.6 Å². The Bertz CT molecular complexity index is 581. The van der Waals surface area contributed by atoms with E-state index in [0.717, 1.165) is 9.87 Å². The highest BCUT2D eigenvalue weighted by atomic mass is 32.2. The molecule has 1 aromatic rings. The highest BCUT2D eigenvalue weighted by Crippen LogP contribution is 2.21. The lowest BCUT2D eigenvalue weighted by Crippen LogP contribution is -2.29. The molecule has 1 fully saturated rings. The van der Waals surface area contributed by atoms with Gasteiger partial charge in [0.15, 0.2) is 0 Å². The molecule has 0 spiro atoms. The van der Waals surface area contributed by atoms with Gasteiger partial charge in [-0.25, -0.2) is 8.42 Å². The molecule has 6 nitrogen and oxygen atoms in total. The Morgan fingerprint density at radius 2 is 1.74 bits per heavy atom. The number of sulfonamides is 1. The van der Waals surface area contributed by atoms with Crippen molar-refractivity contribution >= 4 is 10.0 Å². The van der Waals surface area contributed by atoms with E-state index in [9.17, 15) is 18.6 Å². The van der Waals surface area contributed by atoms with E-state index in [0.29, 0.717) is 0 Å². The quantitative estimate of drug-likeness (QED) is 0.776. The first-order valence-corrected chi connectivity index (χ1v) is 7.21. The fourth-order valence-electron chi connectivity index (χ4n) is 1.95. The highest BCUT2D eigenvalue weighted by Gasteiger charge is 2.37. The van der Waals surface area contributed by atoms with E-state index in [-0.39, 0.29) is 24.4 Å². The van der Waals surface area contributed by atoms with E-state index in [1.54, 1.807) is 12.1 Å². The van der Waals surface area contributed by atoms with Gasteiger partial charge in [-0.3, -0.25) is 0 Å². The predicted octanol–water partition coefficient (Wildman–Crippen LogP) is -0.521. The summed E-state index contributed by atoms with van der Waals surface area (Å²) < 4.78 is 25.5. The van der Waals surface area contributed by atoms with Crippen molar-refractivity contribution in [1.82, 2.24) is 4.31 Å². The molecule has 1 heterocycles. The van der Waals surface area contributed by atoms with Crippen molar-refractivity contribution in [3.63, 3.8) is 0 Å². The van der Waals surface area contributed by atoms with Crippen molar-refractivity contribution in [1.29, 1.82) is 5.26 Å². The van der Waals surface area contributed by atoms with Crippen molar-refractivity contribution in [2.24, 2.45) is 0 Å². The molecule has 102 valence electrons. The molecule has 1 aromatic carbocycles. The van der Waals surface area contributed by atoms with Crippen LogP contribution >= 0.6 is 0 Å². The topological polar surface area (TPSA) is 102 Å². The van der Waals surface area contributed by atoms with Gasteiger partial charge < -0.3 is 10.2 Å². The molecule has 2 rings (SSSR count). The molecule has 0 aliphatic carbocycles. The lowest BCUT2D eigenvalue weighted by Gasteiger charge is -2.15. The van der Waals surface area contributed by atoms with Crippen LogP contribution in [-0.4, -0.2) is 48.2 Å². The van der Waals surface area contributed by atoms with Crippen LogP contribution in [0.15, 0.2) is 29.2 Å². The summed E-state index contributed by atoms with van der Waals surface area (Å²) in [5, 5.41) is 27.3. The number of benzene rings is 1. The van der Waals surface area contributed by atoms with Crippen molar-refractivity contribution in [3.8, 4) is 6.07 Å². The van der Waals surface area contributed by atoms with Gasteiger partial charge in [0.05, 0.1) is 29.6 Å². The molecular weight excluding hydrogens is 268 g/mol. The largest absolute Gasteiger partial charge is 0.389 e. The molecular formula is C12H14N2O4S. The molecule has 2 N–H and O–H groups in total. The van der Waals surface area contributed by atoms with Crippen LogP contribution in [-0.2, 0) is 16.4 Å². The Hall–Kier alpha value is -1.46. The smallest absolute Gasteiger partial charge is 0.243 e. The average molecular weight is 282 g/mol. The zero-order chi connectivity index (χ0) is 14.0. The van der Waals surface area contributed by atoms with Gasteiger partial charge in [-0.1, -0.05) is 12.1 Å². The summed E-state index contributed by atoms with van der Waals surface area (Å²) in [5.41, 5.74) is 0.739. The zero-order valence-electron chi connectivity index (χ0n) is 10.1. The molecule has 1 aliphatic heterocycles. The minimum Gasteiger partial charge on any atom is -0.389 e. The second-order valence-electron chi connectivity index (χ2n) is 4.44. The molecule has 0 aromatic heterocycles. The van der Waals surface area contributed by atoms with Crippen LogP contribution < -0.4 is 0 Å². The Morgan fingerprint density at radius 3 is 2.21 bits per heavy atom. The lowest BCUT2D eigenvalue weighted by atomic mass is 10.2. The molecule has 0 saturated carbocycles. The summed E-state index contributed by atoms with van der Waals surface area (Å²) in [6.45, 7) is -0.215. The predicted molar refractivity (Wildman–Crippen MR) is 66.5 cm³/mol. The Kier molecular flexibility index (Phi) is 3.87. The Morgan fingerprint density at radius 1 is 1.21 bits per heavy atom. The average Bonchev–Trinajstić information content (AvgIpc) is 2.71. The van der Waals surface area contributed by atoms with Crippen molar-refractivity contribution in [2.45, 2.75) is 23.5 Å². The minimum absolute atomic E-state index is 0.0930. The number of hydrogen-bond donors (Lipinski definition) is 2. The third-order valence-corrected chi connectivity index (χ3v) is 4.92. The van der Waals surface area contributed by atoms with Crippen LogP contribution in [0.2, 0.25) is 0 Å².